The van der Waals surface area contributed by atoms with Crippen molar-refractivity contribution in [2.24, 2.45) is 5.92 Å². The number of nitrogens with zero attached hydrogens (tertiary/aromatic N) is 3. The second-order valence-corrected chi connectivity index (χ2v) is 7.48. The quantitative estimate of drug-likeness (QED) is 0.652. The van der Waals surface area contributed by atoms with Crippen molar-refractivity contribution < 1.29 is 14.3 Å². The Labute approximate surface area is 182 Å². The molecule has 1 N–H and O–H groups in total. The number of carbonyl (C=O) groups excluding carboxylic acids is 1. The van der Waals surface area contributed by atoms with E-state index in [0.29, 0.717) is 29.7 Å². The van der Waals surface area contributed by atoms with Crippen molar-refractivity contribution in [3.8, 4) is 22.6 Å². The van der Waals surface area contributed by atoms with Crippen LogP contribution in [0.15, 0.2) is 60.9 Å². The molecule has 0 spiro atoms. The van der Waals surface area contributed by atoms with Gasteiger partial charge in [0.05, 0.1) is 20.1 Å². The van der Waals surface area contributed by atoms with Crippen LogP contribution in [0.5, 0.6) is 11.5 Å². The second-order valence-electron chi connectivity index (χ2n) is 7.48. The zero-order chi connectivity index (χ0) is 21.6. The van der Waals surface area contributed by atoms with E-state index in [0.717, 1.165) is 30.5 Å². The van der Waals surface area contributed by atoms with Crippen LogP contribution in [-0.2, 0) is 4.79 Å². The summed E-state index contributed by atoms with van der Waals surface area (Å²) in [4.78, 5) is 24.1. The van der Waals surface area contributed by atoms with Gasteiger partial charge in [0.1, 0.15) is 0 Å². The summed E-state index contributed by atoms with van der Waals surface area (Å²) in [6.07, 6.45) is 5.42. The Hall–Kier alpha value is -3.61. The van der Waals surface area contributed by atoms with Crippen LogP contribution in [0.3, 0.4) is 0 Å². The first-order chi connectivity index (χ1) is 15.2. The fourth-order valence-electron chi connectivity index (χ4n) is 3.80. The van der Waals surface area contributed by atoms with Crippen molar-refractivity contribution in [2.75, 3.05) is 37.5 Å². The number of aromatic nitrogens is 2. The van der Waals surface area contributed by atoms with Gasteiger partial charge in [0, 0.05) is 42.8 Å². The molecule has 4 rings (SSSR count). The van der Waals surface area contributed by atoms with Gasteiger partial charge < -0.3 is 19.7 Å². The molecule has 0 aliphatic carbocycles. The highest BCUT2D eigenvalue weighted by Gasteiger charge is 2.27. The average molecular weight is 418 g/mol. The van der Waals surface area contributed by atoms with E-state index in [4.69, 9.17) is 9.47 Å². The van der Waals surface area contributed by atoms with Gasteiger partial charge in [0.25, 0.3) is 0 Å². The molecule has 1 aliphatic heterocycles. The van der Waals surface area contributed by atoms with E-state index in [-0.39, 0.29) is 11.8 Å². The van der Waals surface area contributed by atoms with Crippen molar-refractivity contribution in [3.05, 3.63) is 60.9 Å². The number of carbonyl (C=O) groups is 1. The van der Waals surface area contributed by atoms with Gasteiger partial charge >= 0.3 is 0 Å². The van der Waals surface area contributed by atoms with Crippen LogP contribution >= 0.6 is 0 Å². The molecule has 1 amide bonds. The van der Waals surface area contributed by atoms with Crippen LogP contribution in [0, 0.1) is 5.92 Å². The molecule has 7 nitrogen and oxygen atoms in total. The van der Waals surface area contributed by atoms with Crippen molar-refractivity contribution in [1.82, 2.24) is 9.97 Å². The summed E-state index contributed by atoms with van der Waals surface area (Å²) in [5, 5.41) is 3.00. The van der Waals surface area contributed by atoms with E-state index in [9.17, 15) is 4.79 Å². The summed E-state index contributed by atoms with van der Waals surface area (Å²) in [5.41, 5.74) is 2.74. The number of piperidine rings is 1. The van der Waals surface area contributed by atoms with Crippen LogP contribution in [0.1, 0.15) is 12.8 Å². The lowest BCUT2D eigenvalue weighted by Gasteiger charge is -2.32. The summed E-state index contributed by atoms with van der Waals surface area (Å²) in [6.45, 7) is 1.43. The first kappa shape index (κ1) is 20.7. The number of nitrogens with one attached hydrogen (secondary N) is 1. The summed E-state index contributed by atoms with van der Waals surface area (Å²) in [5.74, 6) is 1.71. The number of ether oxygens (including phenoxy) is 2. The van der Waals surface area contributed by atoms with Gasteiger partial charge in [-0.1, -0.05) is 30.3 Å². The normalized spacial score (nSPS) is 15.9. The molecule has 2 heterocycles. The molecule has 160 valence electrons. The first-order valence-corrected chi connectivity index (χ1v) is 10.3. The lowest BCUT2D eigenvalue weighted by Crippen LogP contribution is -2.41. The minimum atomic E-state index is -0.140. The molecule has 31 heavy (non-hydrogen) atoms. The van der Waals surface area contributed by atoms with E-state index in [1.54, 1.807) is 26.4 Å². The second kappa shape index (κ2) is 9.47. The third kappa shape index (κ3) is 4.77. The molecule has 1 aromatic heterocycles. The Balaban J connectivity index is 1.42. The van der Waals surface area contributed by atoms with Gasteiger partial charge in [-0.3, -0.25) is 4.79 Å². The highest BCUT2D eigenvalue weighted by Crippen LogP contribution is 2.30. The standard InChI is InChI=1S/C24H26N4O3/c1-30-21-11-10-20(13-22(21)31-2)27-23(29)18-9-6-12-28(16-18)24-25-14-19(15-26-24)17-7-4-3-5-8-17/h3-5,7-8,10-11,13-15,18H,6,9,12,16H2,1-2H3,(H,27,29). The van der Waals surface area contributed by atoms with Gasteiger partial charge in [0.15, 0.2) is 11.5 Å². The molecule has 3 aromatic rings. The van der Waals surface area contributed by atoms with E-state index in [1.807, 2.05) is 48.8 Å². The minimum absolute atomic E-state index is 0.0159. The Morgan fingerprint density at radius 3 is 2.45 bits per heavy atom. The zero-order valence-corrected chi connectivity index (χ0v) is 17.7. The van der Waals surface area contributed by atoms with Crippen molar-refractivity contribution in [2.45, 2.75) is 12.8 Å². The number of methoxy groups -OCH3 is 2. The number of hydrogen-bond acceptors (Lipinski definition) is 6. The monoisotopic (exact) mass is 418 g/mol. The molecule has 0 radical (unpaired) electrons. The van der Waals surface area contributed by atoms with Crippen molar-refractivity contribution in [1.29, 1.82) is 0 Å². The average Bonchev–Trinajstić information content (AvgIpc) is 2.84. The van der Waals surface area contributed by atoms with Crippen molar-refractivity contribution in [3.63, 3.8) is 0 Å². The van der Waals surface area contributed by atoms with Crippen LogP contribution in [0.2, 0.25) is 0 Å². The third-order valence-corrected chi connectivity index (χ3v) is 5.47. The molecule has 7 heteroatoms. The topological polar surface area (TPSA) is 76.6 Å². The zero-order valence-electron chi connectivity index (χ0n) is 17.7. The number of anilines is 2. The highest BCUT2D eigenvalue weighted by molar-refractivity contribution is 5.93. The smallest absolute Gasteiger partial charge is 0.229 e. The Morgan fingerprint density at radius 2 is 1.74 bits per heavy atom. The van der Waals surface area contributed by atoms with Crippen LogP contribution in [0.4, 0.5) is 11.6 Å². The molecular weight excluding hydrogens is 392 g/mol. The van der Waals surface area contributed by atoms with E-state index < -0.39 is 0 Å². The molecule has 1 atom stereocenters. The predicted octanol–water partition coefficient (Wildman–Crippen LogP) is 4.02. The SMILES string of the molecule is COc1ccc(NC(=O)C2CCCN(c3ncc(-c4ccccc4)cn3)C2)cc1OC. The molecule has 1 aliphatic rings. The summed E-state index contributed by atoms with van der Waals surface area (Å²) in [6, 6.07) is 15.4. The third-order valence-electron chi connectivity index (χ3n) is 5.47. The molecule has 1 fully saturated rings. The Kier molecular flexibility index (Phi) is 6.31. The Bertz CT molecular complexity index is 1020. The maximum Gasteiger partial charge on any atom is 0.229 e. The summed E-state index contributed by atoms with van der Waals surface area (Å²) in [7, 11) is 3.16. The van der Waals surface area contributed by atoms with Gasteiger partial charge in [0.2, 0.25) is 11.9 Å². The van der Waals surface area contributed by atoms with Gasteiger partial charge in [-0.25, -0.2) is 9.97 Å². The Morgan fingerprint density at radius 1 is 1.00 bits per heavy atom. The maximum atomic E-state index is 12.9. The number of benzene rings is 2. The maximum absolute atomic E-state index is 12.9. The lowest BCUT2D eigenvalue weighted by molar-refractivity contribution is -0.120. The predicted molar refractivity (Wildman–Crippen MR) is 121 cm³/mol. The largest absolute Gasteiger partial charge is 0.493 e. The first-order valence-electron chi connectivity index (χ1n) is 10.3. The molecule has 0 saturated carbocycles. The number of rotatable bonds is 6. The number of hydrogen-bond donors (Lipinski definition) is 1. The fourth-order valence-corrected chi connectivity index (χ4v) is 3.80. The molecule has 0 bridgehead atoms. The highest BCUT2D eigenvalue weighted by atomic mass is 16.5. The number of amides is 1. The van der Waals surface area contributed by atoms with Gasteiger partial charge in [-0.15, -0.1) is 0 Å². The van der Waals surface area contributed by atoms with Gasteiger partial charge in [-0.2, -0.15) is 0 Å². The molecule has 1 saturated heterocycles. The van der Waals surface area contributed by atoms with E-state index in [2.05, 4.69) is 20.2 Å². The van der Waals surface area contributed by atoms with Gasteiger partial charge in [-0.05, 0) is 30.5 Å². The molecular formula is C24H26N4O3. The summed E-state index contributed by atoms with van der Waals surface area (Å²) >= 11 is 0. The molecule has 2 aromatic carbocycles. The van der Waals surface area contributed by atoms with Crippen molar-refractivity contribution >= 4 is 17.5 Å². The van der Waals surface area contributed by atoms with Crippen LogP contribution in [0.25, 0.3) is 11.1 Å². The van der Waals surface area contributed by atoms with Crippen LogP contribution in [-0.4, -0.2) is 43.2 Å². The van der Waals surface area contributed by atoms with Crippen LogP contribution < -0.4 is 19.7 Å². The minimum Gasteiger partial charge on any atom is -0.493 e. The van der Waals surface area contributed by atoms with E-state index >= 15 is 0 Å². The molecule has 1 unspecified atom stereocenters. The summed E-state index contributed by atoms with van der Waals surface area (Å²) < 4.78 is 10.6. The lowest BCUT2D eigenvalue weighted by atomic mass is 9.97. The fraction of sp³-hybridized carbons (Fsp3) is 0.292. The van der Waals surface area contributed by atoms with E-state index in [1.165, 1.54) is 0 Å².